The van der Waals surface area contributed by atoms with Crippen LogP contribution in [0, 0.1) is 0 Å². The fourth-order valence-corrected chi connectivity index (χ4v) is 1.70. The molecule has 0 bridgehead atoms. The first-order chi connectivity index (χ1) is 9.02. The molecule has 0 atom stereocenters. The molecule has 5 heteroatoms. The molecule has 1 aromatic carbocycles. The first-order valence-electron chi connectivity index (χ1n) is 5.70. The number of hydrogen-bond acceptors (Lipinski definition) is 5. The van der Waals surface area contributed by atoms with E-state index in [4.69, 9.17) is 14.9 Å². The van der Waals surface area contributed by atoms with Crippen molar-refractivity contribution in [1.29, 1.82) is 0 Å². The molecule has 1 aromatic heterocycles. The van der Waals surface area contributed by atoms with Crippen LogP contribution in [0.4, 0.5) is 5.88 Å². The number of ether oxygens (including phenoxy) is 2. The minimum Gasteiger partial charge on any atom is -0.489 e. The highest BCUT2D eigenvalue weighted by atomic mass is 16.5. The van der Waals surface area contributed by atoms with E-state index in [1.54, 1.807) is 18.2 Å². The number of esters is 1. The molecule has 0 unspecified atom stereocenters. The Labute approximate surface area is 110 Å². The topological polar surface area (TPSA) is 74.7 Å². The number of nitrogens with two attached hydrogens (primary N) is 1. The van der Waals surface area contributed by atoms with Crippen LogP contribution >= 0.6 is 0 Å². The van der Waals surface area contributed by atoms with Gasteiger partial charge in [-0.15, -0.1) is 0 Å². The summed E-state index contributed by atoms with van der Waals surface area (Å²) in [7, 11) is 1.29. The highest BCUT2D eigenvalue weighted by Crippen LogP contribution is 2.31. The number of furan rings is 1. The first-order valence-corrected chi connectivity index (χ1v) is 5.70. The number of rotatable bonds is 4. The monoisotopic (exact) mass is 261 g/mol. The molecule has 0 aliphatic heterocycles. The van der Waals surface area contributed by atoms with Gasteiger partial charge in [0.1, 0.15) is 23.5 Å². The van der Waals surface area contributed by atoms with Crippen molar-refractivity contribution in [1.82, 2.24) is 0 Å². The largest absolute Gasteiger partial charge is 0.489 e. The van der Waals surface area contributed by atoms with Gasteiger partial charge in [0.2, 0.25) is 5.88 Å². The second-order valence-corrected chi connectivity index (χ2v) is 4.24. The van der Waals surface area contributed by atoms with E-state index in [9.17, 15) is 4.79 Å². The van der Waals surface area contributed by atoms with Gasteiger partial charge in [-0.25, -0.2) is 4.79 Å². The van der Waals surface area contributed by atoms with Crippen molar-refractivity contribution in [3.05, 3.63) is 35.9 Å². The molecule has 0 radical (unpaired) electrons. The highest BCUT2D eigenvalue weighted by molar-refractivity contribution is 6.07. The summed E-state index contributed by atoms with van der Waals surface area (Å²) in [4.78, 5) is 11.7. The molecule has 0 aliphatic carbocycles. The van der Waals surface area contributed by atoms with Gasteiger partial charge in [-0.2, -0.15) is 0 Å². The molecule has 5 nitrogen and oxygen atoms in total. The SMILES string of the molecule is C=C(C)COc1ccc2oc(N)c(C(=O)OC)c2c1. The van der Waals surface area contributed by atoms with E-state index < -0.39 is 5.97 Å². The lowest BCUT2D eigenvalue weighted by molar-refractivity contribution is 0.0603. The summed E-state index contributed by atoms with van der Waals surface area (Å²) in [5, 5.41) is 0.573. The third-order valence-electron chi connectivity index (χ3n) is 2.56. The smallest absolute Gasteiger partial charge is 0.344 e. The molecule has 0 aliphatic rings. The van der Waals surface area contributed by atoms with Crippen molar-refractivity contribution in [3.63, 3.8) is 0 Å². The van der Waals surface area contributed by atoms with Crippen LogP contribution in [0.2, 0.25) is 0 Å². The van der Waals surface area contributed by atoms with Crippen molar-refractivity contribution in [3.8, 4) is 5.75 Å². The predicted octanol–water partition coefficient (Wildman–Crippen LogP) is 2.76. The number of hydrogen-bond donors (Lipinski definition) is 1. The summed E-state index contributed by atoms with van der Waals surface area (Å²) >= 11 is 0. The Bertz CT molecular complexity index is 642. The lowest BCUT2D eigenvalue weighted by Crippen LogP contribution is -2.03. The van der Waals surface area contributed by atoms with E-state index in [1.165, 1.54) is 7.11 Å². The van der Waals surface area contributed by atoms with Gasteiger partial charge in [-0.1, -0.05) is 6.58 Å². The highest BCUT2D eigenvalue weighted by Gasteiger charge is 2.20. The van der Waals surface area contributed by atoms with Crippen molar-refractivity contribution >= 4 is 22.8 Å². The maximum absolute atomic E-state index is 11.7. The number of carbonyl (C=O) groups excluding carboxylic acids is 1. The lowest BCUT2D eigenvalue weighted by atomic mass is 10.1. The maximum Gasteiger partial charge on any atom is 0.344 e. The summed E-state index contributed by atoms with van der Waals surface area (Å²) in [6.45, 7) is 6.04. The predicted molar refractivity (Wildman–Crippen MR) is 72.3 cm³/mol. The van der Waals surface area contributed by atoms with Crippen LogP contribution in [0.25, 0.3) is 11.0 Å². The van der Waals surface area contributed by atoms with Crippen LogP contribution in [0.1, 0.15) is 17.3 Å². The molecule has 0 saturated carbocycles. The number of benzene rings is 1. The van der Waals surface area contributed by atoms with Crippen molar-refractivity contribution in [2.45, 2.75) is 6.92 Å². The Morgan fingerprint density at radius 3 is 2.84 bits per heavy atom. The normalized spacial score (nSPS) is 10.4. The average molecular weight is 261 g/mol. The third kappa shape index (κ3) is 2.54. The van der Waals surface area contributed by atoms with Gasteiger partial charge in [0.15, 0.2) is 0 Å². The van der Waals surface area contributed by atoms with Gasteiger partial charge >= 0.3 is 5.97 Å². The Morgan fingerprint density at radius 1 is 1.47 bits per heavy atom. The number of nitrogen functional groups attached to an aromatic ring is 1. The molecule has 0 amide bonds. The van der Waals surface area contributed by atoms with Crippen molar-refractivity contribution in [2.24, 2.45) is 0 Å². The number of anilines is 1. The van der Waals surface area contributed by atoms with Crippen LogP contribution in [0.5, 0.6) is 5.75 Å². The Morgan fingerprint density at radius 2 is 2.21 bits per heavy atom. The van der Waals surface area contributed by atoms with Crippen LogP contribution < -0.4 is 10.5 Å². The molecule has 0 spiro atoms. The summed E-state index contributed by atoms with van der Waals surface area (Å²) in [5.74, 6) is 0.119. The van der Waals surface area contributed by atoms with Gasteiger partial charge in [-0.3, -0.25) is 0 Å². The van der Waals surface area contributed by atoms with E-state index >= 15 is 0 Å². The fourth-order valence-electron chi connectivity index (χ4n) is 1.70. The molecule has 100 valence electrons. The molecule has 19 heavy (non-hydrogen) atoms. The summed E-state index contributed by atoms with van der Waals surface area (Å²) in [5.41, 5.74) is 7.32. The van der Waals surface area contributed by atoms with E-state index in [1.807, 2.05) is 6.92 Å². The average Bonchev–Trinajstić information content (AvgIpc) is 2.70. The van der Waals surface area contributed by atoms with Gasteiger partial charge in [0, 0.05) is 5.39 Å². The lowest BCUT2D eigenvalue weighted by Gasteiger charge is -2.05. The van der Waals surface area contributed by atoms with Crippen LogP contribution in [-0.2, 0) is 4.74 Å². The molecular weight excluding hydrogens is 246 g/mol. The second-order valence-electron chi connectivity index (χ2n) is 4.24. The molecule has 2 aromatic rings. The molecule has 0 fully saturated rings. The van der Waals surface area contributed by atoms with E-state index in [0.29, 0.717) is 23.3 Å². The van der Waals surface area contributed by atoms with Crippen LogP contribution in [-0.4, -0.2) is 19.7 Å². The molecule has 2 N–H and O–H groups in total. The number of methoxy groups -OCH3 is 1. The number of fused-ring (bicyclic) bond motifs is 1. The zero-order valence-electron chi connectivity index (χ0n) is 10.9. The van der Waals surface area contributed by atoms with Gasteiger partial charge < -0.3 is 19.6 Å². The first kappa shape index (κ1) is 13.0. The van der Waals surface area contributed by atoms with Crippen LogP contribution in [0.3, 0.4) is 0 Å². The van der Waals surface area contributed by atoms with Crippen molar-refractivity contribution < 1.29 is 18.7 Å². The zero-order valence-corrected chi connectivity index (χ0v) is 10.9. The van der Waals surface area contributed by atoms with Gasteiger partial charge in [0.25, 0.3) is 0 Å². The molecule has 0 saturated heterocycles. The van der Waals surface area contributed by atoms with E-state index in [-0.39, 0.29) is 11.4 Å². The molecule has 2 rings (SSSR count). The van der Waals surface area contributed by atoms with E-state index in [2.05, 4.69) is 11.3 Å². The molecular formula is C14H15NO4. The Kier molecular flexibility index (Phi) is 3.46. The minimum absolute atomic E-state index is 0.0406. The standard InChI is InChI=1S/C14H15NO4/c1-8(2)7-18-9-4-5-11-10(6-9)12(13(15)19-11)14(16)17-3/h4-6H,1,7,15H2,2-3H3. The minimum atomic E-state index is -0.534. The second kappa shape index (κ2) is 5.06. The Balaban J connectivity index is 2.45. The molecule has 1 heterocycles. The third-order valence-corrected chi connectivity index (χ3v) is 2.56. The fraction of sp³-hybridized carbons (Fsp3) is 0.214. The van der Waals surface area contributed by atoms with Gasteiger partial charge in [-0.05, 0) is 30.7 Å². The summed E-state index contributed by atoms with van der Waals surface area (Å²) < 4.78 is 15.5. The van der Waals surface area contributed by atoms with Crippen LogP contribution in [0.15, 0.2) is 34.8 Å². The maximum atomic E-state index is 11.7. The van der Waals surface area contributed by atoms with Gasteiger partial charge in [0.05, 0.1) is 7.11 Å². The quantitative estimate of drug-likeness (QED) is 0.676. The zero-order chi connectivity index (χ0) is 14.0. The Hall–Kier alpha value is -2.43. The van der Waals surface area contributed by atoms with E-state index in [0.717, 1.165) is 5.57 Å². The number of carbonyl (C=O) groups is 1. The summed E-state index contributed by atoms with van der Waals surface area (Å²) in [6.07, 6.45) is 0. The summed E-state index contributed by atoms with van der Waals surface area (Å²) in [6, 6.07) is 5.14. The van der Waals surface area contributed by atoms with Crippen molar-refractivity contribution in [2.75, 3.05) is 19.5 Å².